The number of rotatable bonds is 67. The predicted molar refractivity (Wildman–Crippen MR) is 348 cm³/mol. The zero-order chi connectivity index (χ0) is 56.9. The standard InChI is InChI=1S/C74H138O5/c1-3-5-7-9-11-13-15-17-19-21-23-25-27-29-31-33-35-37-39-41-43-45-47-49-51-53-55-57-59-61-63-65-67-69-74(77)79-72(70-75)71-78-73(76)68-66-64-62-60-58-56-54-52-50-48-46-44-42-40-38-36-34-32-30-28-26-24-22-20-18-16-14-12-10-8-6-4-2/h5,7,11,13,17,19,23,25,72,75H,3-4,6,8-10,12,14-16,18,20-22,24,26-71H2,1-2H3/b7-5-,13-11-,19-17-,25-23-. The van der Waals surface area contributed by atoms with Crippen LogP contribution in [-0.4, -0.2) is 36.4 Å². The van der Waals surface area contributed by atoms with Gasteiger partial charge in [0.05, 0.1) is 6.61 Å². The van der Waals surface area contributed by atoms with Crippen LogP contribution in [-0.2, 0) is 19.1 Å². The summed E-state index contributed by atoms with van der Waals surface area (Å²) in [6.45, 7) is 4.09. The van der Waals surface area contributed by atoms with Gasteiger partial charge in [0.2, 0.25) is 0 Å². The van der Waals surface area contributed by atoms with E-state index in [1.807, 2.05) is 0 Å². The van der Waals surface area contributed by atoms with Gasteiger partial charge in [0.25, 0.3) is 0 Å². The van der Waals surface area contributed by atoms with Crippen LogP contribution < -0.4 is 0 Å². The third kappa shape index (κ3) is 68.3. The highest BCUT2D eigenvalue weighted by Crippen LogP contribution is 2.19. The van der Waals surface area contributed by atoms with Crippen LogP contribution in [0.2, 0.25) is 0 Å². The zero-order valence-corrected chi connectivity index (χ0v) is 53.4. The Balaban J connectivity index is 3.38. The van der Waals surface area contributed by atoms with Gasteiger partial charge in [0, 0.05) is 12.8 Å². The molecule has 5 heteroatoms. The Morgan fingerprint density at radius 2 is 0.544 bits per heavy atom. The van der Waals surface area contributed by atoms with Gasteiger partial charge in [0.15, 0.2) is 6.10 Å². The van der Waals surface area contributed by atoms with E-state index in [4.69, 9.17) is 9.47 Å². The minimum absolute atomic E-state index is 0.0592. The van der Waals surface area contributed by atoms with E-state index in [1.165, 1.54) is 308 Å². The van der Waals surface area contributed by atoms with Gasteiger partial charge in [-0.1, -0.05) is 377 Å². The molecule has 0 bridgehead atoms. The van der Waals surface area contributed by atoms with Crippen LogP contribution in [0.15, 0.2) is 48.6 Å². The number of carbonyl (C=O) groups is 2. The van der Waals surface area contributed by atoms with Gasteiger partial charge in [-0.2, -0.15) is 0 Å². The van der Waals surface area contributed by atoms with Gasteiger partial charge in [0.1, 0.15) is 6.61 Å². The molecule has 0 saturated heterocycles. The molecule has 464 valence electrons. The quantitative estimate of drug-likeness (QED) is 0.0373. The molecular weight excluding hydrogens is 969 g/mol. The Morgan fingerprint density at radius 1 is 0.304 bits per heavy atom. The molecule has 0 rings (SSSR count). The number of aliphatic hydroxyl groups is 1. The molecule has 0 radical (unpaired) electrons. The first-order valence-electron chi connectivity index (χ1n) is 35.7. The van der Waals surface area contributed by atoms with Gasteiger partial charge in [-0.05, 0) is 51.4 Å². The minimum Gasteiger partial charge on any atom is -0.462 e. The molecule has 1 atom stereocenters. The lowest BCUT2D eigenvalue weighted by Crippen LogP contribution is -2.28. The Bertz CT molecular complexity index is 1300. The Kier molecular flexibility index (Phi) is 68.2. The van der Waals surface area contributed by atoms with Crippen LogP contribution in [0.1, 0.15) is 393 Å². The van der Waals surface area contributed by atoms with Gasteiger partial charge in [-0.25, -0.2) is 0 Å². The summed E-state index contributed by atoms with van der Waals surface area (Å²) in [4.78, 5) is 24.7. The normalized spacial score (nSPS) is 12.4. The van der Waals surface area contributed by atoms with Crippen molar-refractivity contribution in [2.24, 2.45) is 0 Å². The first-order valence-corrected chi connectivity index (χ1v) is 35.7. The topological polar surface area (TPSA) is 72.8 Å². The van der Waals surface area contributed by atoms with Gasteiger partial charge in [-0.15, -0.1) is 0 Å². The fourth-order valence-corrected chi connectivity index (χ4v) is 11.1. The van der Waals surface area contributed by atoms with Gasteiger partial charge in [-0.3, -0.25) is 9.59 Å². The summed E-state index contributed by atoms with van der Waals surface area (Å²) in [5.74, 6) is -0.565. The average molecular weight is 1110 g/mol. The molecule has 5 nitrogen and oxygen atoms in total. The predicted octanol–water partition coefficient (Wildman–Crippen LogP) is 24.7. The molecule has 0 aliphatic rings. The van der Waals surface area contributed by atoms with Crippen molar-refractivity contribution in [2.45, 2.75) is 399 Å². The van der Waals surface area contributed by atoms with E-state index in [-0.39, 0.29) is 25.2 Å². The number of unbranched alkanes of at least 4 members (excludes halogenated alkanes) is 51. The number of aliphatic hydroxyl groups excluding tert-OH is 1. The smallest absolute Gasteiger partial charge is 0.306 e. The highest BCUT2D eigenvalue weighted by atomic mass is 16.6. The molecule has 0 fully saturated rings. The van der Waals surface area contributed by atoms with Crippen LogP contribution in [0, 0.1) is 0 Å². The molecular formula is C74H138O5. The molecule has 0 aliphatic heterocycles. The van der Waals surface area contributed by atoms with Crippen molar-refractivity contribution in [3.8, 4) is 0 Å². The monoisotopic (exact) mass is 1110 g/mol. The maximum absolute atomic E-state index is 12.4. The maximum Gasteiger partial charge on any atom is 0.306 e. The van der Waals surface area contributed by atoms with Gasteiger partial charge >= 0.3 is 11.9 Å². The van der Waals surface area contributed by atoms with Crippen molar-refractivity contribution < 1.29 is 24.2 Å². The highest BCUT2D eigenvalue weighted by molar-refractivity contribution is 5.70. The lowest BCUT2D eigenvalue weighted by atomic mass is 10.0. The summed E-state index contributed by atoms with van der Waals surface area (Å²) >= 11 is 0. The SMILES string of the molecule is CC/C=C\C/C=C\C/C=C\C/C=C\CCCCCCCCCCCCCCCCCCCCCCC(=O)OC(CO)COC(=O)CCCCCCCCCCCCCCCCCCCCCCCCCCCCCCCCCC. The molecule has 0 heterocycles. The van der Waals surface area contributed by atoms with Crippen molar-refractivity contribution in [3.05, 3.63) is 48.6 Å². The first-order chi connectivity index (χ1) is 39.1. The molecule has 0 saturated carbocycles. The number of ether oxygens (including phenoxy) is 2. The summed E-state index contributed by atoms with van der Waals surface area (Å²) < 4.78 is 10.8. The van der Waals surface area contributed by atoms with E-state index in [1.54, 1.807) is 0 Å². The number of carbonyl (C=O) groups excluding carboxylic acids is 2. The summed E-state index contributed by atoms with van der Waals surface area (Å²) in [5.41, 5.74) is 0. The van der Waals surface area contributed by atoms with Crippen molar-refractivity contribution >= 4 is 11.9 Å². The molecule has 0 aromatic carbocycles. The lowest BCUT2D eigenvalue weighted by molar-refractivity contribution is -0.161. The molecule has 0 spiro atoms. The van der Waals surface area contributed by atoms with Gasteiger partial charge < -0.3 is 14.6 Å². The van der Waals surface area contributed by atoms with Crippen LogP contribution >= 0.6 is 0 Å². The van der Waals surface area contributed by atoms with E-state index < -0.39 is 6.10 Å². The van der Waals surface area contributed by atoms with E-state index in [0.717, 1.165) is 57.8 Å². The fraction of sp³-hybridized carbons (Fsp3) is 0.865. The summed E-state index contributed by atoms with van der Waals surface area (Å²) in [6.07, 6.45) is 94.5. The summed E-state index contributed by atoms with van der Waals surface area (Å²) in [5, 5.41) is 9.71. The van der Waals surface area contributed by atoms with Crippen molar-refractivity contribution in [3.63, 3.8) is 0 Å². The zero-order valence-electron chi connectivity index (χ0n) is 53.4. The van der Waals surface area contributed by atoms with Crippen LogP contribution in [0.25, 0.3) is 0 Å². The van der Waals surface area contributed by atoms with Crippen molar-refractivity contribution in [1.82, 2.24) is 0 Å². The minimum atomic E-state index is -0.770. The Hall–Kier alpha value is -2.14. The molecule has 0 aliphatic carbocycles. The molecule has 0 amide bonds. The maximum atomic E-state index is 12.4. The summed E-state index contributed by atoms with van der Waals surface area (Å²) in [6, 6.07) is 0. The number of hydrogen-bond acceptors (Lipinski definition) is 5. The number of esters is 2. The molecule has 79 heavy (non-hydrogen) atoms. The fourth-order valence-electron chi connectivity index (χ4n) is 11.1. The third-order valence-electron chi connectivity index (χ3n) is 16.4. The van der Waals surface area contributed by atoms with E-state index in [0.29, 0.717) is 12.8 Å². The third-order valence-corrected chi connectivity index (χ3v) is 16.4. The van der Waals surface area contributed by atoms with Crippen LogP contribution in [0.4, 0.5) is 0 Å². The summed E-state index contributed by atoms with van der Waals surface area (Å²) in [7, 11) is 0. The Morgan fingerprint density at radius 3 is 0.823 bits per heavy atom. The lowest BCUT2D eigenvalue weighted by Gasteiger charge is -2.15. The van der Waals surface area contributed by atoms with Crippen LogP contribution in [0.5, 0.6) is 0 Å². The molecule has 1 N–H and O–H groups in total. The van der Waals surface area contributed by atoms with Crippen LogP contribution in [0.3, 0.4) is 0 Å². The second kappa shape index (κ2) is 70.1. The Labute approximate surface area is 494 Å². The average Bonchev–Trinajstić information content (AvgIpc) is 3.45. The molecule has 0 aromatic heterocycles. The highest BCUT2D eigenvalue weighted by Gasteiger charge is 2.16. The van der Waals surface area contributed by atoms with Crippen molar-refractivity contribution in [2.75, 3.05) is 13.2 Å². The first kappa shape index (κ1) is 76.9. The molecule has 1 unspecified atom stereocenters. The van der Waals surface area contributed by atoms with E-state index in [2.05, 4.69) is 62.5 Å². The van der Waals surface area contributed by atoms with E-state index in [9.17, 15) is 14.7 Å². The van der Waals surface area contributed by atoms with E-state index >= 15 is 0 Å². The largest absolute Gasteiger partial charge is 0.462 e. The number of allylic oxidation sites excluding steroid dienone is 8. The number of hydrogen-bond donors (Lipinski definition) is 1. The second-order valence-electron chi connectivity index (χ2n) is 24.3. The molecule has 0 aromatic rings. The van der Waals surface area contributed by atoms with Crippen molar-refractivity contribution in [1.29, 1.82) is 0 Å². The second-order valence-corrected chi connectivity index (χ2v) is 24.3.